The van der Waals surface area contributed by atoms with Crippen LogP contribution in [0.15, 0.2) is 24.3 Å². The van der Waals surface area contributed by atoms with Gasteiger partial charge in [0.2, 0.25) is 5.91 Å². The maximum absolute atomic E-state index is 13.9. The van der Waals surface area contributed by atoms with Crippen molar-refractivity contribution in [2.45, 2.75) is 70.5 Å². The molecule has 1 aliphatic carbocycles. The number of amides is 1. The highest BCUT2D eigenvalue weighted by Crippen LogP contribution is 2.60. The van der Waals surface area contributed by atoms with E-state index in [0.29, 0.717) is 31.9 Å². The van der Waals surface area contributed by atoms with E-state index < -0.39 is 6.04 Å². The Morgan fingerprint density at radius 1 is 1.21 bits per heavy atom. The number of nitrogens with one attached hydrogen (secondary N) is 1. The number of anilines is 1. The maximum Gasteiger partial charge on any atom is 0.245 e. The molecule has 1 aromatic heterocycles. The average molecular weight is 529 g/mol. The minimum atomic E-state index is -0.545. The second kappa shape index (κ2) is 10.5. The van der Waals surface area contributed by atoms with Gasteiger partial charge in [-0.1, -0.05) is 12.2 Å². The summed E-state index contributed by atoms with van der Waals surface area (Å²) < 4.78 is 7.65. The van der Waals surface area contributed by atoms with Crippen molar-refractivity contribution in [3.8, 4) is 0 Å². The van der Waals surface area contributed by atoms with Gasteiger partial charge in [-0.05, 0) is 62.7 Å². The minimum Gasteiger partial charge on any atom is -0.377 e. The van der Waals surface area contributed by atoms with Gasteiger partial charge in [0, 0.05) is 49.1 Å². The molecule has 3 atom stereocenters. The lowest BCUT2D eigenvalue weighted by Crippen LogP contribution is -2.44. The molecule has 4 aliphatic rings. The molecule has 3 aliphatic heterocycles. The molecule has 0 spiro atoms. The Kier molecular flexibility index (Phi) is 7.10. The third-order valence-corrected chi connectivity index (χ3v) is 8.85. The molecule has 39 heavy (non-hydrogen) atoms. The zero-order valence-corrected chi connectivity index (χ0v) is 22.7. The van der Waals surface area contributed by atoms with Crippen LogP contribution in [0.25, 0.3) is 10.9 Å². The predicted molar refractivity (Wildman–Crippen MR) is 149 cm³/mol. The molecular formula is C29H36BN5O4. The fourth-order valence-electron chi connectivity index (χ4n) is 6.80. The third-order valence-electron chi connectivity index (χ3n) is 8.85. The summed E-state index contributed by atoms with van der Waals surface area (Å²) in [7, 11) is 5.75. The first-order valence-corrected chi connectivity index (χ1v) is 14.2. The number of hydrogen-bond acceptors (Lipinski definition) is 7. The van der Waals surface area contributed by atoms with Crippen LogP contribution in [0, 0.1) is 5.41 Å². The van der Waals surface area contributed by atoms with E-state index >= 15 is 0 Å². The second-order valence-electron chi connectivity index (χ2n) is 11.5. The number of aromatic nitrogens is 2. The van der Waals surface area contributed by atoms with Gasteiger partial charge in [0.15, 0.2) is 5.78 Å². The molecule has 3 fully saturated rings. The first-order chi connectivity index (χ1) is 18.9. The molecule has 1 saturated carbocycles. The first kappa shape index (κ1) is 26.3. The quantitative estimate of drug-likeness (QED) is 0.369. The molecule has 9 nitrogen and oxygen atoms in total. The van der Waals surface area contributed by atoms with Crippen molar-refractivity contribution in [1.29, 1.82) is 0 Å². The molecule has 1 amide bonds. The molecule has 2 aromatic rings. The number of hydrogen-bond donors (Lipinski definition) is 1. The van der Waals surface area contributed by atoms with E-state index in [1.54, 1.807) is 9.58 Å². The van der Waals surface area contributed by atoms with Gasteiger partial charge in [-0.25, -0.2) is 0 Å². The Morgan fingerprint density at radius 3 is 2.79 bits per heavy atom. The van der Waals surface area contributed by atoms with Crippen molar-refractivity contribution in [1.82, 2.24) is 20.0 Å². The van der Waals surface area contributed by atoms with Gasteiger partial charge in [0.05, 0.1) is 32.6 Å². The van der Waals surface area contributed by atoms with Gasteiger partial charge in [-0.2, -0.15) is 5.10 Å². The van der Waals surface area contributed by atoms with Crippen molar-refractivity contribution >= 4 is 41.9 Å². The van der Waals surface area contributed by atoms with Gasteiger partial charge < -0.3 is 19.9 Å². The standard InChI is InChI=1S/C29H36BN5O4/c1-19(36)27-22-12-21(33-8-4-5-9-33)11-20-16-31-7-3-2-6-10-39-18-29-13-23(24(37)15-30)35(25(29)14-29)26(38)17-34(32-27)28(20)22/h2,6,11-12,23,25,31H,3-5,7-10,13-18H2,1H3/b6-2-/t23-,25+,29-/m0/s1. The number of Topliss-reactive ketones (excluding diaryl/α,β-unsaturated/α-hetero) is 2. The van der Waals surface area contributed by atoms with Gasteiger partial charge >= 0.3 is 0 Å². The Balaban J connectivity index is 1.42. The maximum atomic E-state index is 13.9. The van der Waals surface area contributed by atoms with Gasteiger partial charge in [0.25, 0.3) is 0 Å². The number of ketones is 2. The Labute approximate surface area is 230 Å². The van der Waals surface area contributed by atoms with E-state index in [1.165, 1.54) is 6.92 Å². The molecule has 2 bridgehead atoms. The van der Waals surface area contributed by atoms with Gasteiger partial charge in [-0.15, -0.1) is 0 Å². The lowest BCUT2D eigenvalue weighted by molar-refractivity contribution is -0.138. The predicted octanol–water partition coefficient (Wildman–Crippen LogP) is 2.42. The molecule has 0 unspecified atom stereocenters. The summed E-state index contributed by atoms with van der Waals surface area (Å²) in [6.07, 6.45) is 8.62. The van der Waals surface area contributed by atoms with Crippen LogP contribution in [0.4, 0.5) is 5.69 Å². The van der Waals surface area contributed by atoms with Crippen molar-refractivity contribution in [2.75, 3.05) is 37.7 Å². The summed E-state index contributed by atoms with van der Waals surface area (Å²) in [5, 5.41) is 9.00. The fourth-order valence-corrected chi connectivity index (χ4v) is 6.80. The van der Waals surface area contributed by atoms with Crippen molar-refractivity contribution in [3.63, 3.8) is 0 Å². The van der Waals surface area contributed by atoms with Gasteiger partial charge in [-0.3, -0.25) is 19.1 Å². The zero-order chi connectivity index (χ0) is 27.1. The highest BCUT2D eigenvalue weighted by molar-refractivity contribution is 6.21. The minimum absolute atomic E-state index is 0.0385. The van der Waals surface area contributed by atoms with Crippen LogP contribution in [0.1, 0.15) is 55.1 Å². The van der Waals surface area contributed by atoms with E-state index in [1.807, 2.05) is 6.08 Å². The summed E-state index contributed by atoms with van der Waals surface area (Å²) in [5.74, 6) is -0.428. The zero-order valence-electron chi connectivity index (χ0n) is 22.7. The van der Waals surface area contributed by atoms with Crippen LogP contribution < -0.4 is 10.2 Å². The number of ether oxygens (including phenoxy) is 1. The van der Waals surface area contributed by atoms with Crippen LogP contribution in [0.5, 0.6) is 0 Å². The fraction of sp³-hybridized carbons (Fsp3) is 0.586. The van der Waals surface area contributed by atoms with E-state index in [0.717, 1.165) is 67.5 Å². The van der Waals surface area contributed by atoms with Crippen LogP contribution in [0.2, 0.25) is 6.32 Å². The molecule has 6 rings (SSSR count). The van der Waals surface area contributed by atoms with Crippen LogP contribution in [-0.2, 0) is 27.4 Å². The number of rotatable bonds is 4. The van der Waals surface area contributed by atoms with E-state index in [4.69, 9.17) is 17.7 Å². The Morgan fingerprint density at radius 2 is 2.03 bits per heavy atom. The lowest BCUT2D eigenvalue weighted by Gasteiger charge is -2.26. The summed E-state index contributed by atoms with van der Waals surface area (Å²) in [4.78, 5) is 43.6. The highest BCUT2D eigenvalue weighted by Gasteiger charge is 2.66. The molecule has 10 heteroatoms. The Bertz CT molecular complexity index is 1330. The number of benzene rings is 1. The molecule has 1 aromatic carbocycles. The lowest BCUT2D eigenvalue weighted by atomic mass is 9.91. The molecular weight excluding hydrogens is 493 g/mol. The second-order valence-corrected chi connectivity index (χ2v) is 11.5. The largest absolute Gasteiger partial charge is 0.377 e. The summed E-state index contributed by atoms with van der Waals surface area (Å²) in [6.45, 7) is 5.87. The van der Waals surface area contributed by atoms with Crippen molar-refractivity contribution in [3.05, 3.63) is 35.5 Å². The van der Waals surface area contributed by atoms with Crippen molar-refractivity contribution < 1.29 is 19.1 Å². The van der Waals surface area contributed by atoms with Crippen LogP contribution >= 0.6 is 0 Å². The summed E-state index contributed by atoms with van der Waals surface area (Å²) >= 11 is 0. The highest BCUT2D eigenvalue weighted by atomic mass is 16.5. The third kappa shape index (κ3) is 4.82. The molecule has 2 saturated heterocycles. The SMILES string of the molecule is [B]CC(=O)[C@@H]1C[C@]23COC/C=C\CCNCc4cc(N5CCCC5)cc5c(C(C)=O)nn(c45)CC(=O)N1[C@@H]2C3. The van der Waals surface area contributed by atoms with E-state index in [9.17, 15) is 14.4 Å². The summed E-state index contributed by atoms with van der Waals surface area (Å²) in [5.41, 5.74) is 3.08. The van der Waals surface area contributed by atoms with Crippen LogP contribution in [-0.4, -0.2) is 84.9 Å². The molecule has 204 valence electrons. The summed E-state index contributed by atoms with van der Waals surface area (Å²) in [6, 6.07) is 3.64. The number of nitrogens with zero attached hydrogens (tertiary/aromatic N) is 4. The average Bonchev–Trinajstić information content (AvgIpc) is 3.31. The monoisotopic (exact) mass is 529 g/mol. The smallest absolute Gasteiger partial charge is 0.245 e. The number of piperidine rings is 1. The molecule has 2 radical (unpaired) electrons. The topological polar surface area (TPSA) is 96.8 Å². The van der Waals surface area contributed by atoms with Crippen molar-refractivity contribution in [2.24, 2.45) is 5.41 Å². The molecule has 1 N–H and O–H groups in total. The van der Waals surface area contributed by atoms with Gasteiger partial charge in [0.1, 0.15) is 18.0 Å². The number of carbonyl (C=O) groups excluding carboxylic acids is 3. The Hall–Kier alpha value is -2.98. The first-order valence-electron chi connectivity index (χ1n) is 14.2. The number of carbonyl (C=O) groups is 3. The normalized spacial score (nSPS) is 28.4. The molecule has 4 heterocycles. The van der Waals surface area contributed by atoms with E-state index in [2.05, 4.69) is 28.4 Å². The van der Waals surface area contributed by atoms with E-state index in [-0.39, 0.29) is 41.8 Å². The van der Waals surface area contributed by atoms with Crippen LogP contribution in [0.3, 0.4) is 0 Å².